The first-order chi connectivity index (χ1) is 8.63. The summed E-state index contributed by atoms with van der Waals surface area (Å²) in [4.78, 5) is 12.2. The Morgan fingerprint density at radius 3 is 2.78 bits per heavy atom. The Hall–Kier alpha value is -1.03. The van der Waals surface area contributed by atoms with Crippen LogP contribution < -0.4 is 10.1 Å². The molecule has 1 saturated carbocycles. The van der Waals surface area contributed by atoms with Crippen molar-refractivity contribution >= 4 is 21.8 Å². The number of amides is 1. The van der Waals surface area contributed by atoms with E-state index in [2.05, 4.69) is 21.2 Å². The lowest BCUT2D eigenvalue weighted by Crippen LogP contribution is -2.39. The maximum absolute atomic E-state index is 12.2. The Kier molecular flexibility index (Phi) is 4.27. The third-order valence-corrected chi connectivity index (χ3v) is 3.99. The second kappa shape index (κ2) is 5.74. The zero-order valence-corrected chi connectivity index (χ0v) is 12.3. The highest BCUT2D eigenvalue weighted by molar-refractivity contribution is 9.10. The molecule has 1 aromatic carbocycles. The van der Waals surface area contributed by atoms with Crippen LogP contribution in [0.2, 0.25) is 0 Å². The molecule has 0 atom stereocenters. The predicted molar refractivity (Wildman–Crippen MR) is 75.2 cm³/mol. The van der Waals surface area contributed by atoms with Crippen LogP contribution in [0, 0.1) is 6.92 Å². The monoisotopic (exact) mass is 311 g/mol. The van der Waals surface area contributed by atoms with Crippen molar-refractivity contribution < 1.29 is 9.53 Å². The topological polar surface area (TPSA) is 38.3 Å². The van der Waals surface area contributed by atoms with Gasteiger partial charge in [-0.25, -0.2) is 0 Å². The van der Waals surface area contributed by atoms with Crippen molar-refractivity contribution in [2.45, 2.75) is 39.2 Å². The standard InChI is InChI=1S/C14H18BrNO2/c1-3-18-12-8-7-11(15)13(9(12)2)14(17)16-10-5-4-6-10/h7-8,10H,3-6H2,1-2H3,(H,16,17). The Morgan fingerprint density at radius 1 is 1.50 bits per heavy atom. The van der Waals surface area contributed by atoms with Gasteiger partial charge in [-0.05, 0) is 61.2 Å². The molecular formula is C14H18BrNO2. The molecule has 1 fully saturated rings. The highest BCUT2D eigenvalue weighted by atomic mass is 79.9. The highest BCUT2D eigenvalue weighted by Crippen LogP contribution is 2.29. The zero-order valence-electron chi connectivity index (χ0n) is 10.8. The largest absolute Gasteiger partial charge is 0.494 e. The fraction of sp³-hybridized carbons (Fsp3) is 0.500. The Balaban J connectivity index is 2.23. The molecule has 0 aromatic heterocycles. The minimum Gasteiger partial charge on any atom is -0.494 e. The summed E-state index contributed by atoms with van der Waals surface area (Å²) in [6.07, 6.45) is 3.39. The van der Waals surface area contributed by atoms with Gasteiger partial charge in [0.2, 0.25) is 0 Å². The van der Waals surface area contributed by atoms with Crippen molar-refractivity contribution in [3.05, 3.63) is 27.7 Å². The average Bonchev–Trinajstić information content (AvgIpc) is 2.28. The number of carbonyl (C=O) groups excluding carboxylic acids is 1. The van der Waals surface area contributed by atoms with E-state index < -0.39 is 0 Å². The molecule has 1 aromatic rings. The molecule has 0 heterocycles. The van der Waals surface area contributed by atoms with Crippen molar-refractivity contribution in [3.63, 3.8) is 0 Å². The fourth-order valence-electron chi connectivity index (χ4n) is 2.06. The summed E-state index contributed by atoms with van der Waals surface area (Å²) < 4.78 is 6.35. The van der Waals surface area contributed by atoms with Crippen molar-refractivity contribution in [1.29, 1.82) is 0 Å². The van der Waals surface area contributed by atoms with Crippen LogP contribution in [-0.4, -0.2) is 18.6 Å². The van der Waals surface area contributed by atoms with Gasteiger partial charge < -0.3 is 10.1 Å². The maximum Gasteiger partial charge on any atom is 0.253 e. The lowest BCUT2D eigenvalue weighted by Gasteiger charge is -2.27. The third kappa shape index (κ3) is 2.69. The summed E-state index contributed by atoms with van der Waals surface area (Å²) in [5.41, 5.74) is 1.58. The van der Waals surface area contributed by atoms with Crippen LogP contribution in [0.4, 0.5) is 0 Å². The molecule has 0 bridgehead atoms. The minimum absolute atomic E-state index is 0.00868. The molecule has 0 radical (unpaired) electrons. The Labute approximate surface area is 116 Å². The molecule has 4 heteroatoms. The van der Waals surface area contributed by atoms with E-state index >= 15 is 0 Å². The number of ether oxygens (including phenoxy) is 1. The average molecular weight is 312 g/mol. The maximum atomic E-state index is 12.2. The van der Waals surface area contributed by atoms with Crippen molar-refractivity contribution in [2.75, 3.05) is 6.61 Å². The van der Waals surface area contributed by atoms with Gasteiger partial charge in [-0.15, -0.1) is 0 Å². The summed E-state index contributed by atoms with van der Waals surface area (Å²) in [6, 6.07) is 4.11. The molecule has 0 saturated heterocycles. The highest BCUT2D eigenvalue weighted by Gasteiger charge is 2.23. The van der Waals surface area contributed by atoms with Gasteiger partial charge in [-0.2, -0.15) is 0 Å². The van der Waals surface area contributed by atoms with E-state index in [1.54, 1.807) is 0 Å². The van der Waals surface area contributed by atoms with Crippen LogP contribution >= 0.6 is 15.9 Å². The fourth-order valence-corrected chi connectivity index (χ4v) is 2.67. The smallest absolute Gasteiger partial charge is 0.253 e. The van der Waals surface area contributed by atoms with Crippen LogP contribution in [-0.2, 0) is 0 Å². The van der Waals surface area contributed by atoms with Gasteiger partial charge in [0.05, 0.1) is 12.2 Å². The molecular weight excluding hydrogens is 294 g/mol. The molecule has 0 unspecified atom stereocenters. The third-order valence-electron chi connectivity index (χ3n) is 3.33. The molecule has 18 heavy (non-hydrogen) atoms. The molecule has 1 N–H and O–H groups in total. The lowest BCUT2D eigenvalue weighted by atomic mass is 9.92. The molecule has 98 valence electrons. The first-order valence-electron chi connectivity index (χ1n) is 6.36. The predicted octanol–water partition coefficient (Wildman–Crippen LogP) is 3.44. The van der Waals surface area contributed by atoms with Gasteiger partial charge in [-0.1, -0.05) is 0 Å². The van der Waals surface area contributed by atoms with Crippen LogP contribution in [0.25, 0.3) is 0 Å². The van der Waals surface area contributed by atoms with Gasteiger partial charge in [0.1, 0.15) is 5.75 Å². The van der Waals surface area contributed by atoms with E-state index in [0.717, 1.165) is 28.6 Å². The molecule has 1 amide bonds. The molecule has 2 rings (SSSR count). The van der Waals surface area contributed by atoms with Gasteiger partial charge in [0.25, 0.3) is 5.91 Å². The number of nitrogens with one attached hydrogen (secondary N) is 1. The molecule has 1 aliphatic rings. The van der Waals surface area contributed by atoms with Crippen molar-refractivity contribution in [3.8, 4) is 5.75 Å². The molecule has 1 aliphatic carbocycles. The van der Waals surface area contributed by atoms with Crippen LogP contribution in [0.3, 0.4) is 0 Å². The van der Waals surface area contributed by atoms with Crippen LogP contribution in [0.5, 0.6) is 5.75 Å². The van der Waals surface area contributed by atoms with Gasteiger partial charge in [0, 0.05) is 16.1 Å². The summed E-state index contributed by atoms with van der Waals surface area (Å²) in [6.45, 7) is 4.47. The van der Waals surface area contributed by atoms with Crippen LogP contribution in [0.1, 0.15) is 42.1 Å². The molecule has 0 spiro atoms. The zero-order chi connectivity index (χ0) is 13.1. The van der Waals surface area contributed by atoms with Crippen molar-refractivity contribution in [1.82, 2.24) is 5.32 Å². The first-order valence-corrected chi connectivity index (χ1v) is 7.15. The summed E-state index contributed by atoms with van der Waals surface area (Å²) in [5.74, 6) is 0.769. The van der Waals surface area contributed by atoms with E-state index in [1.807, 2.05) is 26.0 Å². The number of hydrogen-bond donors (Lipinski definition) is 1. The van der Waals surface area contributed by atoms with E-state index in [0.29, 0.717) is 18.2 Å². The molecule has 0 aliphatic heterocycles. The first kappa shape index (κ1) is 13.4. The van der Waals surface area contributed by atoms with Gasteiger partial charge in [-0.3, -0.25) is 4.79 Å². The second-order valence-electron chi connectivity index (χ2n) is 4.58. The summed E-state index contributed by atoms with van der Waals surface area (Å²) in [7, 11) is 0. The second-order valence-corrected chi connectivity index (χ2v) is 5.43. The lowest BCUT2D eigenvalue weighted by molar-refractivity contribution is 0.0915. The normalized spacial score (nSPS) is 15.1. The number of hydrogen-bond acceptors (Lipinski definition) is 2. The number of halogens is 1. The number of carbonyl (C=O) groups is 1. The van der Waals surface area contributed by atoms with Crippen LogP contribution in [0.15, 0.2) is 16.6 Å². The van der Waals surface area contributed by atoms with Gasteiger partial charge in [0.15, 0.2) is 0 Å². The number of benzene rings is 1. The summed E-state index contributed by atoms with van der Waals surface area (Å²) >= 11 is 3.45. The Bertz CT molecular complexity index is 455. The summed E-state index contributed by atoms with van der Waals surface area (Å²) in [5, 5.41) is 3.06. The van der Waals surface area contributed by atoms with E-state index in [9.17, 15) is 4.79 Å². The molecule has 3 nitrogen and oxygen atoms in total. The quantitative estimate of drug-likeness (QED) is 0.925. The van der Waals surface area contributed by atoms with E-state index in [1.165, 1.54) is 6.42 Å². The van der Waals surface area contributed by atoms with Crippen molar-refractivity contribution in [2.24, 2.45) is 0 Å². The van der Waals surface area contributed by atoms with Gasteiger partial charge >= 0.3 is 0 Å². The van der Waals surface area contributed by atoms with E-state index in [4.69, 9.17) is 4.74 Å². The Morgan fingerprint density at radius 2 is 2.22 bits per heavy atom. The minimum atomic E-state index is -0.00868. The SMILES string of the molecule is CCOc1ccc(Br)c(C(=O)NC2CCC2)c1C. The van der Waals surface area contributed by atoms with E-state index in [-0.39, 0.29) is 5.91 Å². The number of rotatable bonds is 4.